The van der Waals surface area contributed by atoms with Crippen molar-refractivity contribution in [2.45, 2.75) is 25.7 Å². The van der Waals surface area contributed by atoms with Crippen molar-refractivity contribution in [3.8, 4) is 0 Å². The predicted molar refractivity (Wildman–Crippen MR) is 76.7 cm³/mol. The monoisotopic (exact) mass is 276 g/mol. The summed E-state index contributed by atoms with van der Waals surface area (Å²) in [7, 11) is 0. The van der Waals surface area contributed by atoms with Crippen LogP contribution in [-0.4, -0.2) is 41.5 Å². The molecule has 20 heavy (non-hydrogen) atoms. The highest BCUT2D eigenvalue weighted by Crippen LogP contribution is 2.16. The van der Waals surface area contributed by atoms with E-state index >= 15 is 0 Å². The van der Waals surface area contributed by atoms with Crippen molar-refractivity contribution >= 4 is 17.6 Å². The van der Waals surface area contributed by atoms with Crippen LogP contribution in [0.5, 0.6) is 0 Å². The van der Waals surface area contributed by atoms with Crippen LogP contribution in [0.3, 0.4) is 0 Å². The zero-order valence-corrected chi connectivity index (χ0v) is 11.5. The molecule has 0 atom stereocenters. The maximum Gasteiger partial charge on any atom is 0.307 e. The normalized spacial score (nSPS) is 15.2. The topological polar surface area (TPSA) is 69.6 Å². The number of carbonyl (C=O) groups excluding carboxylic acids is 1. The van der Waals surface area contributed by atoms with E-state index in [1.54, 1.807) is 24.3 Å². The molecule has 1 saturated heterocycles. The number of para-hydroxylation sites is 1. The molecule has 0 aliphatic carbocycles. The number of benzene rings is 1. The highest BCUT2D eigenvalue weighted by molar-refractivity contribution is 5.92. The summed E-state index contributed by atoms with van der Waals surface area (Å²) in [6.07, 6.45) is 2.79. The Hall–Kier alpha value is -1.88. The number of amides is 1. The minimum absolute atomic E-state index is 0.0604. The van der Waals surface area contributed by atoms with Crippen LogP contribution in [-0.2, 0) is 16.0 Å². The number of aliphatic carboxylic acids is 1. The highest BCUT2D eigenvalue weighted by Gasteiger charge is 2.14. The van der Waals surface area contributed by atoms with Gasteiger partial charge in [0.2, 0.25) is 5.91 Å². The second kappa shape index (κ2) is 7.05. The van der Waals surface area contributed by atoms with Gasteiger partial charge in [0.1, 0.15) is 0 Å². The fourth-order valence-corrected chi connectivity index (χ4v) is 2.44. The van der Waals surface area contributed by atoms with Crippen LogP contribution >= 0.6 is 0 Å². The summed E-state index contributed by atoms with van der Waals surface area (Å²) in [5, 5.41) is 11.7. The van der Waals surface area contributed by atoms with Crippen LogP contribution in [0.4, 0.5) is 5.69 Å². The predicted octanol–water partition coefficient (Wildman–Crippen LogP) is 1.74. The summed E-state index contributed by atoms with van der Waals surface area (Å²) < 4.78 is 0. The van der Waals surface area contributed by atoms with Crippen LogP contribution in [0.2, 0.25) is 0 Å². The fourth-order valence-electron chi connectivity index (χ4n) is 2.44. The Morgan fingerprint density at radius 1 is 1.20 bits per heavy atom. The first-order valence-corrected chi connectivity index (χ1v) is 6.97. The molecule has 1 fully saturated rings. The molecular weight excluding hydrogens is 256 g/mol. The quantitative estimate of drug-likeness (QED) is 0.830. The largest absolute Gasteiger partial charge is 0.481 e. The average Bonchev–Trinajstić information content (AvgIpc) is 2.91. The molecule has 0 spiro atoms. The van der Waals surface area contributed by atoms with Crippen molar-refractivity contribution in [1.82, 2.24) is 4.90 Å². The first-order chi connectivity index (χ1) is 9.65. The molecule has 1 aromatic carbocycles. The molecule has 2 rings (SSSR count). The third kappa shape index (κ3) is 4.35. The second-order valence-corrected chi connectivity index (χ2v) is 5.07. The average molecular weight is 276 g/mol. The SMILES string of the molecule is O=C(O)Cc1ccccc1NC(=O)CCN1CCCC1. The van der Waals surface area contributed by atoms with E-state index in [4.69, 9.17) is 5.11 Å². The Morgan fingerprint density at radius 2 is 1.90 bits per heavy atom. The third-order valence-electron chi connectivity index (χ3n) is 3.49. The van der Waals surface area contributed by atoms with Crippen LogP contribution in [0.25, 0.3) is 0 Å². The van der Waals surface area contributed by atoms with E-state index in [2.05, 4.69) is 10.2 Å². The zero-order valence-electron chi connectivity index (χ0n) is 11.5. The third-order valence-corrected chi connectivity index (χ3v) is 3.49. The summed E-state index contributed by atoms with van der Waals surface area (Å²) in [4.78, 5) is 25.0. The molecule has 1 aliphatic rings. The van der Waals surface area contributed by atoms with Gasteiger partial charge in [-0.15, -0.1) is 0 Å². The molecule has 1 heterocycles. The lowest BCUT2D eigenvalue weighted by molar-refractivity contribution is -0.136. The molecule has 1 amide bonds. The van der Waals surface area contributed by atoms with E-state index in [9.17, 15) is 9.59 Å². The molecule has 1 aliphatic heterocycles. The van der Waals surface area contributed by atoms with Gasteiger partial charge in [-0.3, -0.25) is 9.59 Å². The Kier molecular flexibility index (Phi) is 5.12. The summed E-state index contributed by atoms with van der Waals surface area (Å²) in [6, 6.07) is 7.04. The molecule has 5 nitrogen and oxygen atoms in total. The van der Waals surface area contributed by atoms with Crippen molar-refractivity contribution in [3.05, 3.63) is 29.8 Å². The van der Waals surface area contributed by atoms with Crippen molar-refractivity contribution in [1.29, 1.82) is 0 Å². The number of carboxylic acids is 1. The number of carbonyl (C=O) groups is 2. The lowest BCUT2D eigenvalue weighted by Gasteiger charge is -2.14. The molecule has 0 unspecified atom stereocenters. The van der Waals surface area contributed by atoms with Gasteiger partial charge in [-0.2, -0.15) is 0 Å². The number of hydrogen-bond donors (Lipinski definition) is 2. The van der Waals surface area contributed by atoms with Crippen LogP contribution in [0.1, 0.15) is 24.8 Å². The van der Waals surface area contributed by atoms with Gasteiger partial charge in [-0.25, -0.2) is 0 Å². The molecule has 1 aromatic rings. The first kappa shape index (κ1) is 14.5. The van der Waals surface area contributed by atoms with Crippen molar-refractivity contribution in [2.75, 3.05) is 25.0 Å². The fraction of sp³-hybridized carbons (Fsp3) is 0.467. The lowest BCUT2D eigenvalue weighted by atomic mass is 10.1. The van der Waals surface area contributed by atoms with Gasteiger partial charge in [-0.1, -0.05) is 18.2 Å². The molecule has 2 N–H and O–H groups in total. The number of nitrogens with zero attached hydrogens (tertiary/aromatic N) is 1. The van der Waals surface area contributed by atoms with Crippen LogP contribution < -0.4 is 5.32 Å². The Morgan fingerprint density at radius 3 is 2.60 bits per heavy atom. The maximum absolute atomic E-state index is 11.9. The number of hydrogen-bond acceptors (Lipinski definition) is 3. The van der Waals surface area contributed by atoms with E-state index < -0.39 is 5.97 Å². The smallest absolute Gasteiger partial charge is 0.307 e. The van der Waals surface area contributed by atoms with Crippen LogP contribution in [0.15, 0.2) is 24.3 Å². The van der Waals surface area contributed by atoms with Gasteiger partial charge in [0.25, 0.3) is 0 Å². The molecule has 108 valence electrons. The molecular formula is C15H20N2O3. The van der Waals surface area contributed by atoms with E-state index in [0.29, 0.717) is 17.7 Å². The molecule has 5 heteroatoms. The van der Waals surface area contributed by atoms with Crippen molar-refractivity contribution < 1.29 is 14.7 Å². The van der Waals surface area contributed by atoms with E-state index in [1.807, 2.05) is 0 Å². The second-order valence-electron chi connectivity index (χ2n) is 5.07. The summed E-state index contributed by atoms with van der Waals surface area (Å²) in [5.74, 6) is -0.960. The number of carboxylic acid groups (broad SMARTS) is 1. The Balaban J connectivity index is 1.88. The number of rotatable bonds is 6. The summed E-state index contributed by atoms with van der Waals surface area (Å²) in [6.45, 7) is 2.92. The Labute approximate surface area is 118 Å². The summed E-state index contributed by atoms with van der Waals surface area (Å²) >= 11 is 0. The highest BCUT2D eigenvalue weighted by atomic mass is 16.4. The van der Waals surface area contributed by atoms with Gasteiger partial charge >= 0.3 is 5.97 Å². The van der Waals surface area contributed by atoms with Crippen molar-refractivity contribution in [3.63, 3.8) is 0 Å². The molecule has 0 radical (unpaired) electrons. The molecule has 0 bridgehead atoms. The first-order valence-electron chi connectivity index (χ1n) is 6.97. The van der Waals surface area contributed by atoms with Gasteiger partial charge in [0, 0.05) is 18.7 Å². The van der Waals surface area contributed by atoms with Gasteiger partial charge in [-0.05, 0) is 37.6 Å². The van der Waals surface area contributed by atoms with Crippen LogP contribution in [0, 0.1) is 0 Å². The maximum atomic E-state index is 11.9. The standard InChI is InChI=1S/C15H20N2O3/c18-14(7-10-17-8-3-4-9-17)16-13-6-2-1-5-12(13)11-15(19)20/h1-2,5-6H,3-4,7-11H2,(H,16,18)(H,19,20). The number of likely N-dealkylation sites (tertiary alicyclic amines) is 1. The minimum Gasteiger partial charge on any atom is -0.481 e. The molecule has 0 aromatic heterocycles. The Bertz CT molecular complexity index is 482. The summed E-state index contributed by atoms with van der Waals surface area (Å²) in [5.41, 5.74) is 1.23. The number of nitrogens with one attached hydrogen (secondary N) is 1. The molecule has 0 saturated carbocycles. The minimum atomic E-state index is -0.899. The van der Waals surface area contributed by atoms with Gasteiger partial charge in [0.05, 0.1) is 6.42 Å². The van der Waals surface area contributed by atoms with E-state index in [-0.39, 0.29) is 12.3 Å². The van der Waals surface area contributed by atoms with E-state index in [0.717, 1.165) is 19.6 Å². The lowest BCUT2D eigenvalue weighted by Crippen LogP contribution is -2.25. The zero-order chi connectivity index (χ0) is 14.4. The number of anilines is 1. The van der Waals surface area contributed by atoms with E-state index in [1.165, 1.54) is 12.8 Å². The van der Waals surface area contributed by atoms with Crippen molar-refractivity contribution in [2.24, 2.45) is 0 Å². The van der Waals surface area contributed by atoms with Gasteiger partial charge in [0.15, 0.2) is 0 Å². The van der Waals surface area contributed by atoms with Gasteiger partial charge < -0.3 is 15.3 Å².